The number of carbonyl (C=O) groups excluding carboxylic acids is 1. The number of amides is 1. The average Bonchev–Trinajstić information content (AvgIpc) is 2.46. The molecule has 0 spiro atoms. The van der Waals surface area contributed by atoms with Crippen molar-refractivity contribution in [2.75, 3.05) is 25.5 Å². The van der Waals surface area contributed by atoms with E-state index in [0.717, 1.165) is 30.9 Å². The third kappa shape index (κ3) is 4.56. The highest BCUT2D eigenvalue weighted by molar-refractivity contribution is 5.90. The molecular weight excluding hydrogens is 240 g/mol. The number of carbonyl (C=O) groups is 1. The predicted octanol–water partition coefficient (Wildman–Crippen LogP) is 2.43. The monoisotopic (exact) mass is 261 g/mol. The Morgan fingerprint density at radius 2 is 2.42 bits per heavy atom. The van der Waals surface area contributed by atoms with E-state index >= 15 is 0 Å². The summed E-state index contributed by atoms with van der Waals surface area (Å²) in [4.78, 5) is 11.9. The van der Waals surface area contributed by atoms with Crippen molar-refractivity contribution in [3.8, 4) is 5.75 Å². The van der Waals surface area contributed by atoms with Gasteiger partial charge in [-0.25, -0.2) is 5.32 Å². The molecule has 19 heavy (non-hydrogen) atoms. The summed E-state index contributed by atoms with van der Waals surface area (Å²) in [6.07, 6.45) is 3.87. The van der Waals surface area contributed by atoms with Crippen LogP contribution in [0.3, 0.4) is 0 Å². The molecule has 1 aliphatic heterocycles. The first kappa shape index (κ1) is 13.9. The fraction of sp³-hybridized carbons (Fsp3) is 0.533. The van der Waals surface area contributed by atoms with Crippen LogP contribution in [-0.2, 0) is 4.79 Å². The van der Waals surface area contributed by atoms with Crippen LogP contribution in [0.5, 0.6) is 5.75 Å². The van der Waals surface area contributed by atoms with Gasteiger partial charge >= 0.3 is 0 Å². The summed E-state index contributed by atoms with van der Waals surface area (Å²) in [6.45, 7) is 1.92. The molecular formula is C15H21N2O2. The maximum Gasteiger partial charge on any atom is 0.224 e. The summed E-state index contributed by atoms with van der Waals surface area (Å²) < 4.78 is 5.13. The number of benzene rings is 1. The smallest absolute Gasteiger partial charge is 0.224 e. The van der Waals surface area contributed by atoms with Crippen LogP contribution in [0.1, 0.15) is 25.7 Å². The lowest BCUT2D eigenvalue weighted by Crippen LogP contribution is -2.25. The van der Waals surface area contributed by atoms with E-state index in [1.807, 2.05) is 24.3 Å². The van der Waals surface area contributed by atoms with Crippen molar-refractivity contribution >= 4 is 11.6 Å². The zero-order valence-electron chi connectivity index (χ0n) is 11.4. The van der Waals surface area contributed by atoms with Crippen molar-refractivity contribution in [3.05, 3.63) is 24.3 Å². The van der Waals surface area contributed by atoms with E-state index in [-0.39, 0.29) is 5.91 Å². The minimum Gasteiger partial charge on any atom is -0.497 e. The summed E-state index contributed by atoms with van der Waals surface area (Å²) in [7, 11) is 1.62. The van der Waals surface area contributed by atoms with Gasteiger partial charge in [0.15, 0.2) is 0 Å². The molecule has 1 saturated heterocycles. The normalized spacial score (nSPS) is 18.9. The average molecular weight is 261 g/mol. The molecule has 2 rings (SSSR count). The highest BCUT2D eigenvalue weighted by Crippen LogP contribution is 2.19. The molecule has 0 aromatic heterocycles. The Morgan fingerprint density at radius 3 is 3.16 bits per heavy atom. The molecule has 1 aliphatic rings. The van der Waals surface area contributed by atoms with E-state index in [1.165, 1.54) is 12.8 Å². The van der Waals surface area contributed by atoms with Gasteiger partial charge in [-0.2, -0.15) is 0 Å². The van der Waals surface area contributed by atoms with Gasteiger partial charge in [0.1, 0.15) is 5.75 Å². The maximum atomic E-state index is 11.9. The van der Waals surface area contributed by atoms with E-state index in [9.17, 15) is 4.79 Å². The van der Waals surface area contributed by atoms with Gasteiger partial charge in [-0.05, 0) is 37.3 Å². The molecule has 1 atom stereocenters. The van der Waals surface area contributed by atoms with Crippen LogP contribution in [0.4, 0.5) is 5.69 Å². The first-order valence-corrected chi connectivity index (χ1v) is 6.85. The van der Waals surface area contributed by atoms with Gasteiger partial charge in [0.05, 0.1) is 7.11 Å². The number of nitrogens with one attached hydrogen (secondary N) is 1. The quantitative estimate of drug-likeness (QED) is 0.885. The molecule has 1 unspecified atom stereocenters. The van der Waals surface area contributed by atoms with E-state index < -0.39 is 0 Å². The van der Waals surface area contributed by atoms with Crippen LogP contribution in [0, 0.1) is 5.92 Å². The molecule has 0 aliphatic carbocycles. The molecule has 1 aromatic carbocycles. The van der Waals surface area contributed by atoms with Crippen LogP contribution in [0.2, 0.25) is 0 Å². The van der Waals surface area contributed by atoms with Gasteiger partial charge in [-0.3, -0.25) is 4.79 Å². The van der Waals surface area contributed by atoms with E-state index in [0.29, 0.717) is 12.3 Å². The summed E-state index contributed by atoms with van der Waals surface area (Å²) in [5.41, 5.74) is 0.790. The van der Waals surface area contributed by atoms with Crippen molar-refractivity contribution in [2.45, 2.75) is 25.7 Å². The second kappa shape index (κ2) is 7.14. The molecule has 1 aromatic rings. The Labute approximate surface area is 114 Å². The SMILES string of the molecule is COc1cccc(NC(=O)CCC2CCC[N]C2)c1. The van der Waals surface area contributed by atoms with Crippen molar-refractivity contribution in [3.63, 3.8) is 0 Å². The lowest BCUT2D eigenvalue weighted by molar-refractivity contribution is -0.116. The van der Waals surface area contributed by atoms with Crippen molar-refractivity contribution in [1.82, 2.24) is 5.32 Å². The standard InChI is InChI=1S/C15H21N2O2/c1-19-14-6-2-5-13(10-14)17-15(18)8-7-12-4-3-9-16-11-12/h2,5-6,10,12H,3-4,7-9,11H2,1H3,(H,17,18). The fourth-order valence-corrected chi connectivity index (χ4v) is 2.35. The Kier molecular flexibility index (Phi) is 5.21. The summed E-state index contributed by atoms with van der Waals surface area (Å²) in [6, 6.07) is 7.43. The summed E-state index contributed by atoms with van der Waals surface area (Å²) >= 11 is 0. The number of anilines is 1. The number of nitrogens with zero attached hydrogens (tertiary/aromatic N) is 1. The van der Waals surface area contributed by atoms with Gasteiger partial charge in [0, 0.05) is 31.3 Å². The fourth-order valence-electron chi connectivity index (χ4n) is 2.35. The van der Waals surface area contributed by atoms with Gasteiger partial charge in [0.2, 0.25) is 5.91 Å². The molecule has 4 heteroatoms. The number of piperidine rings is 1. The Bertz CT molecular complexity index is 414. The molecule has 0 saturated carbocycles. The lowest BCUT2D eigenvalue weighted by atomic mass is 9.94. The molecule has 1 fully saturated rings. The first-order valence-electron chi connectivity index (χ1n) is 6.85. The second-order valence-electron chi connectivity index (χ2n) is 4.96. The Balaban J connectivity index is 1.76. The second-order valence-corrected chi connectivity index (χ2v) is 4.96. The number of methoxy groups -OCH3 is 1. The van der Waals surface area contributed by atoms with Gasteiger partial charge in [0.25, 0.3) is 0 Å². The van der Waals surface area contributed by atoms with E-state index in [2.05, 4.69) is 10.6 Å². The van der Waals surface area contributed by atoms with Gasteiger partial charge < -0.3 is 10.1 Å². The van der Waals surface area contributed by atoms with Gasteiger partial charge in [-0.1, -0.05) is 6.07 Å². The number of rotatable bonds is 5. The predicted molar refractivity (Wildman–Crippen MR) is 75.4 cm³/mol. The molecule has 1 amide bonds. The van der Waals surface area contributed by atoms with Crippen LogP contribution < -0.4 is 15.4 Å². The van der Waals surface area contributed by atoms with Crippen molar-refractivity contribution < 1.29 is 9.53 Å². The highest BCUT2D eigenvalue weighted by atomic mass is 16.5. The molecule has 1 heterocycles. The third-order valence-electron chi connectivity index (χ3n) is 3.45. The maximum absolute atomic E-state index is 11.9. The summed E-state index contributed by atoms with van der Waals surface area (Å²) in [5.74, 6) is 1.41. The topological polar surface area (TPSA) is 52.4 Å². The Morgan fingerprint density at radius 1 is 1.53 bits per heavy atom. The van der Waals surface area contributed by atoms with E-state index in [4.69, 9.17) is 4.74 Å². The molecule has 1 radical (unpaired) electrons. The molecule has 0 bridgehead atoms. The molecule has 103 valence electrons. The van der Waals surface area contributed by atoms with E-state index in [1.54, 1.807) is 7.11 Å². The van der Waals surface area contributed by atoms with Crippen molar-refractivity contribution in [2.24, 2.45) is 5.92 Å². The number of hydrogen-bond donors (Lipinski definition) is 1. The highest BCUT2D eigenvalue weighted by Gasteiger charge is 2.15. The number of hydrogen-bond acceptors (Lipinski definition) is 2. The Hall–Kier alpha value is -1.55. The summed E-state index contributed by atoms with van der Waals surface area (Å²) in [5, 5.41) is 7.30. The minimum absolute atomic E-state index is 0.0684. The lowest BCUT2D eigenvalue weighted by Gasteiger charge is -2.20. The minimum atomic E-state index is 0.0684. The molecule has 4 nitrogen and oxygen atoms in total. The van der Waals surface area contributed by atoms with Crippen molar-refractivity contribution in [1.29, 1.82) is 0 Å². The zero-order chi connectivity index (χ0) is 13.5. The van der Waals surface area contributed by atoms with Crippen LogP contribution in [-0.4, -0.2) is 26.1 Å². The largest absolute Gasteiger partial charge is 0.497 e. The number of ether oxygens (including phenoxy) is 1. The third-order valence-corrected chi connectivity index (χ3v) is 3.45. The first-order chi connectivity index (χ1) is 9.28. The zero-order valence-corrected chi connectivity index (χ0v) is 11.4. The van der Waals surface area contributed by atoms with Crippen LogP contribution in [0.15, 0.2) is 24.3 Å². The molecule has 1 N–H and O–H groups in total. The van der Waals surface area contributed by atoms with Gasteiger partial charge in [-0.15, -0.1) is 0 Å². The van der Waals surface area contributed by atoms with Crippen LogP contribution >= 0.6 is 0 Å². The van der Waals surface area contributed by atoms with Crippen LogP contribution in [0.25, 0.3) is 0 Å².